The summed E-state index contributed by atoms with van der Waals surface area (Å²) >= 11 is 5.95. The number of aromatic nitrogens is 1. The number of nitrogens with zero attached hydrogens (tertiary/aromatic N) is 2. The van der Waals surface area contributed by atoms with E-state index in [2.05, 4.69) is 4.98 Å². The van der Waals surface area contributed by atoms with Crippen molar-refractivity contribution in [1.82, 2.24) is 9.88 Å². The minimum atomic E-state index is -0.928. The van der Waals surface area contributed by atoms with Crippen molar-refractivity contribution in [2.75, 3.05) is 13.2 Å². The number of pyridine rings is 1. The lowest BCUT2D eigenvalue weighted by Crippen LogP contribution is -2.35. The van der Waals surface area contributed by atoms with E-state index in [0.29, 0.717) is 30.2 Å². The first-order chi connectivity index (χ1) is 15.5. The van der Waals surface area contributed by atoms with Gasteiger partial charge < -0.3 is 9.64 Å². The Kier molecular flexibility index (Phi) is 7.12. The van der Waals surface area contributed by atoms with Crippen molar-refractivity contribution in [3.8, 4) is 0 Å². The third-order valence-corrected chi connectivity index (χ3v) is 5.96. The van der Waals surface area contributed by atoms with Crippen LogP contribution in [0.4, 0.5) is 8.78 Å². The van der Waals surface area contributed by atoms with Crippen molar-refractivity contribution in [2.45, 2.75) is 31.4 Å². The number of hydrogen-bond acceptors (Lipinski definition) is 3. The number of benzene rings is 2. The van der Waals surface area contributed by atoms with E-state index in [1.807, 2.05) is 18.2 Å². The molecule has 4 nitrogen and oxygen atoms in total. The molecule has 1 saturated heterocycles. The highest BCUT2D eigenvalue weighted by Crippen LogP contribution is 2.39. The molecule has 0 saturated carbocycles. The second kappa shape index (κ2) is 10.2. The van der Waals surface area contributed by atoms with E-state index in [1.54, 1.807) is 41.6 Å². The highest BCUT2D eigenvalue weighted by atomic mass is 35.5. The van der Waals surface area contributed by atoms with E-state index in [-0.39, 0.29) is 12.5 Å². The molecule has 1 fully saturated rings. The number of halogens is 3. The van der Waals surface area contributed by atoms with E-state index < -0.39 is 23.6 Å². The van der Waals surface area contributed by atoms with E-state index in [4.69, 9.17) is 16.3 Å². The van der Waals surface area contributed by atoms with Crippen molar-refractivity contribution < 1.29 is 18.3 Å². The first kappa shape index (κ1) is 22.4. The maximum Gasteiger partial charge on any atom is 0.223 e. The summed E-state index contributed by atoms with van der Waals surface area (Å²) in [6, 6.07) is 14.5. The van der Waals surface area contributed by atoms with Gasteiger partial charge in [-0.2, -0.15) is 0 Å². The molecule has 1 aromatic heterocycles. The molecular weight excluding hydrogens is 434 g/mol. The fraction of sp³-hybridized carbons (Fsp3) is 0.280. The smallest absolute Gasteiger partial charge is 0.223 e. The summed E-state index contributed by atoms with van der Waals surface area (Å²) in [5.41, 5.74) is 2.33. The lowest BCUT2D eigenvalue weighted by molar-refractivity contribution is -0.130. The Labute approximate surface area is 190 Å². The summed E-state index contributed by atoms with van der Waals surface area (Å²) in [6.45, 7) is 1.12. The highest BCUT2D eigenvalue weighted by molar-refractivity contribution is 6.30. The first-order valence-corrected chi connectivity index (χ1v) is 10.9. The summed E-state index contributed by atoms with van der Waals surface area (Å²) in [6.07, 6.45) is 4.59. The lowest BCUT2D eigenvalue weighted by atomic mass is 9.87. The Bertz CT molecular complexity index is 1060. The Hall–Kier alpha value is -2.83. The summed E-state index contributed by atoms with van der Waals surface area (Å²) < 4.78 is 33.9. The Balaban J connectivity index is 1.67. The molecule has 4 rings (SSSR count). The standard InChI is InChI=1S/C25H23ClF2N2O2/c26-20-8-5-17(6-9-20)15-32-16-21(18-7-10-22(27)23(28)13-18)25(19-3-1-11-29-14-19)30-12-2-4-24(30)31/h1,3,5-11,13-14,21,25H,2,4,12,15-16H2/t21-,25?/m0/s1. The molecule has 0 radical (unpaired) electrons. The third kappa shape index (κ3) is 5.14. The average Bonchev–Trinajstić information content (AvgIpc) is 3.22. The van der Waals surface area contributed by atoms with Crippen molar-refractivity contribution in [3.63, 3.8) is 0 Å². The third-order valence-electron chi connectivity index (χ3n) is 5.70. The minimum absolute atomic E-state index is 0.0316. The van der Waals surface area contributed by atoms with Crippen LogP contribution in [0.3, 0.4) is 0 Å². The van der Waals surface area contributed by atoms with Gasteiger partial charge in [-0.15, -0.1) is 0 Å². The summed E-state index contributed by atoms with van der Waals surface area (Å²) in [4.78, 5) is 18.7. The van der Waals surface area contributed by atoms with E-state index in [1.165, 1.54) is 6.07 Å². The molecule has 7 heteroatoms. The van der Waals surface area contributed by atoms with Gasteiger partial charge in [0.25, 0.3) is 0 Å². The Morgan fingerprint density at radius 1 is 1.06 bits per heavy atom. The van der Waals surface area contributed by atoms with Crippen LogP contribution in [-0.4, -0.2) is 28.9 Å². The second-order valence-corrected chi connectivity index (χ2v) is 8.28. The van der Waals surface area contributed by atoms with Crippen LogP contribution in [0.1, 0.15) is 41.5 Å². The zero-order chi connectivity index (χ0) is 22.5. The van der Waals surface area contributed by atoms with Crippen LogP contribution in [0.25, 0.3) is 0 Å². The molecule has 1 amide bonds. The summed E-state index contributed by atoms with van der Waals surface area (Å²) in [5.74, 6) is -2.22. The zero-order valence-corrected chi connectivity index (χ0v) is 18.1. The van der Waals surface area contributed by atoms with Crippen molar-refractivity contribution >= 4 is 17.5 Å². The molecule has 166 valence electrons. The molecule has 32 heavy (non-hydrogen) atoms. The minimum Gasteiger partial charge on any atom is -0.376 e. The molecule has 0 spiro atoms. The molecule has 1 aliphatic rings. The van der Waals surface area contributed by atoms with Crippen LogP contribution in [0.15, 0.2) is 67.0 Å². The van der Waals surface area contributed by atoms with E-state index in [9.17, 15) is 13.6 Å². The molecule has 2 heterocycles. The van der Waals surface area contributed by atoms with Gasteiger partial charge in [0.05, 0.1) is 19.3 Å². The van der Waals surface area contributed by atoms with E-state index in [0.717, 1.165) is 23.6 Å². The first-order valence-electron chi connectivity index (χ1n) is 10.5. The molecule has 1 aliphatic heterocycles. The van der Waals surface area contributed by atoms with Gasteiger partial charge in [-0.1, -0.05) is 35.9 Å². The molecule has 0 aliphatic carbocycles. The fourth-order valence-corrected chi connectivity index (χ4v) is 4.27. The van der Waals surface area contributed by atoms with Crippen molar-refractivity contribution in [2.24, 2.45) is 0 Å². The molecule has 2 aromatic carbocycles. The van der Waals surface area contributed by atoms with E-state index >= 15 is 0 Å². The van der Waals surface area contributed by atoms with Crippen molar-refractivity contribution in [3.05, 3.63) is 100 Å². The van der Waals surface area contributed by atoms with Gasteiger partial charge in [0.1, 0.15) is 0 Å². The monoisotopic (exact) mass is 456 g/mol. The largest absolute Gasteiger partial charge is 0.376 e. The van der Waals surface area contributed by atoms with Crippen LogP contribution < -0.4 is 0 Å². The average molecular weight is 457 g/mol. The zero-order valence-electron chi connectivity index (χ0n) is 17.4. The number of hydrogen-bond donors (Lipinski definition) is 0. The predicted molar refractivity (Wildman–Crippen MR) is 118 cm³/mol. The van der Waals surface area contributed by atoms with Gasteiger partial charge in [0.15, 0.2) is 11.6 Å². The molecule has 1 unspecified atom stereocenters. The number of carbonyl (C=O) groups excluding carboxylic acids is 1. The van der Waals surface area contributed by atoms with Crippen LogP contribution in [-0.2, 0) is 16.1 Å². The predicted octanol–water partition coefficient (Wildman–Crippen LogP) is 5.68. The SMILES string of the molecule is O=C1CCCN1C(c1cccnc1)[C@@H](COCc1ccc(Cl)cc1)c1ccc(F)c(F)c1. The molecule has 2 atom stereocenters. The van der Waals surface area contributed by atoms with Crippen LogP contribution in [0.2, 0.25) is 5.02 Å². The summed E-state index contributed by atoms with van der Waals surface area (Å²) in [7, 11) is 0. The van der Waals surface area contributed by atoms with Gasteiger partial charge in [-0.25, -0.2) is 8.78 Å². The lowest BCUT2D eigenvalue weighted by Gasteiger charge is -2.35. The number of amides is 1. The van der Waals surface area contributed by atoms with Gasteiger partial charge in [-0.3, -0.25) is 9.78 Å². The number of carbonyl (C=O) groups is 1. The Morgan fingerprint density at radius 2 is 1.88 bits per heavy atom. The quantitative estimate of drug-likeness (QED) is 0.438. The Morgan fingerprint density at radius 3 is 2.53 bits per heavy atom. The highest BCUT2D eigenvalue weighted by Gasteiger charge is 2.36. The molecule has 0 bridgehead atoms. The van der Waals surface area contributed by atoms with Crippen LogP contribution in [0, 0.1) is 11.6 Å². The second-order valence-electron chi connectivity index (χ2n) is 7.84. The number of ether oxygens (including phenoxy) is 1. The van der Waals surface area contributed by atoms with Gasteiger partial charge in [0.2, 0.25) is 5.91 Å². The topological polar surface area (TPSA) is 42.4 Å². The maximum absolute atomic E-state index is 14.2. The number of likely N-dealkylation sites (tertiary alicyclic amines) is 1. The molecule has 3 aromatic rings. The van der Waals surface area contributed by atoms with Crippen LogP contribution in [0.5, 0.6) is 0 Å². The van der Waals surface area contributed by atoms with Gasteiger partial charge in [-0.05, 0) is 53.4 Å². The van der Waals surface area contributed by atoms with Crippen molar-refractivity contribution in [1.29, 1.82) is 0 Å². The molecule has 0 N–H and O–H groups in total. The number of rotatable bonds is 8. The normalized spacial score (nSPS) is 15.7. The van der Waals surface area contributed by atoms with Crippen LogP contribution >= 0.6 is 11.6 Å². The van der Waals surface area contributed by atoms with Gasteiger partial charge in [0, 0.05) is 36.3 Å². The van der Waals surface area contributed by atoms with Gasteiger partial charge >= 0.3 is 0 Å². The summed E-state index contributed by atoms with van der Waals surface area (Å²) in [5, 5.41) is 0.637. The maximum atomic E-state index is 14.2. The molecular formula is C25H23ClF2N2O2. The fourth-order valence-electron chi connectivity index (χ4n) is 4.14.